The Morgan fingerprint density at radius 3 is 2.42 bits per heavy atom. The third kappa shape index (κ3) is 5.21. The van der Waals surface area contributed by atoms with E-state index in [9.17, 15) is 18.0 Å². The van der Waals surface area contributed by atoms with Crippen molar-refractivity contribution in [3.63, 3.8) is 0 Å². The Morgan fingerprint density at radius 1 is 1.12 bits per heavy atom. The van der Waals surface area contributed by atoms with Crippen LogP contribution in [0.15, 0.2) is 54.7 Å². The van der Waals surface area contributed by atoms with E-state index in [1.165, 1.54) is 6.20 Å². The number of aryl methyl sites for hydroxylation is 2. The fraction of sp³-hybridized carbons (Fsp3) is 0.360. The van der Waals surface area contributed by atoms with Gasteiger partial charge in [-0.3, -0.25) is 4.79 Å². The molecule has 1 aromatic heterocycles. The lowest BCUT2D eigenvalue weighted by Gasteiger charge is -2.34. The maximum absolute atomic E-state index is 13.9. The monoisotopic (exact) mass is 456 g/mol. The molecule has 1 aliphatic heterocycles. The lowest BCUT2D eigenvalue weighted by Crippen LogP contribution is -2.36. The number of fused-ring (bicyclic) bond motifs is 1. The molecule has 0 spiro atoms. The molecule has 0 aliphatic carbocycles. The van der Waals surface area contributed by atoms with Gasteiger partial charge in [-0.05, 0) is 30.0 Å². The van der Waals surface area contributed by atoms with Gasteiger partial charge in [0, 0.05) is 18.5 Å². The lowest BCUT2D eigenvalue weighted by atomic mass is 9.95. The van der Waals surface area contributed by atoms with Crippen molar-refractivity contribution in [1.29, 1.82) is 0 Å². The molecule has 8 heteroatoms. The minimum absolute atomic E-state index is 0.0553. The highest BCUT2D eigenvalue weighted by atomic mass is 19.4. The number of carbonyl (C=O) groups is 1. The molecule has 4 rings (SSSR count). The molecule has 3 aromatic rings. The van der Waals surface area contributed by atoms with Gasteiger partial charge in [0.15, 0.2) is 6.04 Å². The predicted octanol–water partition coefficient (Wildman–Crippen LogP) is 5.27. The Balaban J connectivity index is 1.53. The molecular formula is C25H27F3N4O. The zero-order chi connectivity index (χ0) is 23.6. The average molecular weight is 457 g/mol. The Bertz CT molecular complexity index is 1100. The number of carbonyl (C=O) groups excluding carboxylic acids is 1. The zero-order valence-corrected chi connectivity index (χ0v) is 18.6. The number of hydrogen-bond acceptors (Lipinski definition) is 3. The van der Waals surface area contributed by atoms with Crippen LogP contribution in [0, 0.1) is 6.92 Å². The number of nitrogens with one attached hydrogen (secondary N) is 2. The van der Waals surface area contributed by atoms with Crippen LogP contribution in [0.5, 0.6) is 0 Å². The smallest absolute Gasteiger partial charge is 0.363 e. The van der Waals surface area contributed by atoms with E-state index in [1.807, 2.05) is 62.4 Å². The molecule has 1 aliphatic rings. The number of hydrogen-bond donors (Lipinski definition) is 2. The average Bonchev–Trinajstić information content (AvgIpc) is 3.20. The molecule has 5 nitrogen and oxygen atoms in total. The van der Waals surface area contributed by atoms with Crippen molar-refractivity contribution in [2.75, 3.05) is 5.32 Å². The van der Waals surface area contributed by atoms with Crippen molar-refractivity contribution >= 4 is 11.7 Å². The van der Waals surface area contributed by atoms with E-state index < -0.39 is 18.3 Å². The number of halogens is 3. The number of benzene rings is 2. The molecule has 2 N–H and O–H groups in total. The van der Waals surface area contributed by atoms with Gasteiger partial charge in [0.25, 0.3) is 0 Å². The predicted molar refractivity (Wildman–Crippen MR) is 121 cm³/mol. The summed E-state index contributed by atoms with van der Waals surface area (Å²) in [5.74, 6) is -0.0233. The minimum atomic E-state index is -4.45. The van der Waals surface area contributed by atoms with Gasteiger partial charge in [-0.25, -0.2) is 4.68 Å². The number of nitrogens with zero attached hydrogens (tertiary/aromatic N) is 2. The van der Waals surface area contributed by atoms with Crippen LogP contribution in [0.2, 0.25) is 0 Å². The lowest BCUT2D eigenvalue weighted by molar-refractivity contribution is -0.173. The highest BCUT2D eigenvalue weighted by Crippen LogP contribution is 2.44. The third-order valence-corrected chi connectivity index (χ3v) is 6.07. The molecule has 33 heavy (non-hydrogen) atoms. The summed E-state index contributed by atoms with van der Waals surface area (Å²) in [5.41, 5.74) is 4.43. The molecule has 0 fully saturated rings. The minimum Gasteiger partial charge on any atom is -0.363 e. The van der Waals surface area contributed by atoms with E-state index in [2.05, 4.69) is 15.7 Å². The van der Waals surface area contributed by atoms with Gasteiger partial charge in [-0.15, -0.1) is 0 Å². The normalized spacial score (nSPS) is 17.8. The molecular weight excluding hydrogens is 429 g/mol. The molecule has 0 radical (unpaired) electrons. The van der Waals surface area contributed by atoms with Gasteiger partial charge < -0.3 is 10.6 Å². The first-order valence-corrected chi connectivity index (χ1v) is 11.0. The van der Waals surface area contributed by atoms with Crippen molar-refractivity contribution in [1.82, 2.24) is 15.1 Å². The van der Waals surface area contributed by atoms with Gasteiger partial charge in [0.1, 0.15) is 5.82 Å². The van der Waals surface area contributed by atoms with Crippen LogP contribution < -0.4 is 10.6 Å². The van der Waals surface area contributed by atoms with Gasteiger partial charge in [-0.1, -0.05) is 61.0 Å². The van der Waals surface area contributed by atoms with E-state index in [-0.39, 0.29) is 24.6 Å². The topological polar surface area (TPSA) is 59.0 Å². The summed E-state index contributed by atoms with van der Waals surface area (Å²) in [5, 5.41) is 10.0. The Hall–Kier alpha value is -3.29. The number of alkyl halides is 3. The second-order valence-electron chi connectivity index (χ2n) is 8.49. The number of rotatable bonds is 6. The Labute approximate surface area is 191 Å². The SMILES string of the molecule is CCc1ccc(C2CC(C(F)(F)F)n3ncc(CC(=O)NCc4ccc(C)cc4)c3N2)cc1. The number of anilines is 1. The van der Waals surface area contributed by atoms with Crippen LogP contribution in [-0.2, 0) is 24.2 Å². The summed E-state index contributed by atoms with van der Waals surface area (Å²) in [6.07, 6.45) is -2.45. The summed E-state index contributed by atoms with van der Waals surface area (Å²) in [4.78, 5) is 12.5. The van der Waals surface area contributed by atoms with E-state index in [1.54, 1.807) is 0 Å². The van der Waals surface area contributed by atoms with Crippen LogP contribution in [0.1, 0.15) is 53.2 Å². The van der Waals surface area contributed by atoms with Crippen molar-refractivity contribution in [3.05, 3.63) is 82.5 Å². The van der Waals surface area contributed by atoms with Crippen LogP contribution in [0.3, 0.4) is 0 Å². The van der Waals surface area contributed by atoms with Crippen LogP contribution in [-0.4, -0.2) is 21.9 Å². The number of amides is 1. The summed E-state index contributed by atoms with van der Waals surface area (Å²) < 4.78 is 42.6. The molecule has 2 atom stereocenters. The number of aromatic nitrogens is 2. The quantitative estimate of drug-likeness (QED) is 0.531. The molecule has 0 saturated heterocycles. The largest absolute Gasteiger partial charge is 0.410 e. The Morgan fingerprint density at radius 2 is 1.79 bits per heavy atom. The van der Waals surface area contributed by atoms with Crippen molar-refractivity contribution in [3.8, 4) is 0 Å². The summed E-state index contributed by atoms with van der Waals surface area (Å²) >= 11 is 0. The first-order valence-electron chi connectivity index (χ1n) is 11.0. The van der Waals surface area contributed by atoms with E-state index in [0.717, 1.165) is 33.4 Å². The first kappa shape index (κ1) is 22.9. The highest BCUT2D eigenvalue weighted by Gasteiger charge is 2.46. The van der Waals surface area contributed by atoms with Crippen molar-refractivity contribution < 1.29 is 18.0 Å². The maximum Gasteiger partial charge on any atom is 0.410 e. The van der Waals surface area contributed by atoms with Crippen LogP contribution in [0.25, 0.3) is 0 Å². The van der Waals surface area contributed by atoms with Crippen molar-refractivity contribution in [2.45, 2.75) is 57.9 Å². The van der Waals surface area contributed by atoms with Gasteiger partial charge >= 0.3 is 6.18 Å². The second kappa shape index (κ2) is 9.29. The summed E-state index contributed by atoms with van der Waals surface area (Å²) in [6.45, 7) is 4.37. The molecule has 0 bridgehead atoms. The summed E-state index contributed by atoms with van der Waals surface area (Å²) in [6, 6.07) is 13.1. The highest BCUT2D eigenvalue weighted by molar-refractivity contribution is 5.80. The van der Waals surface area contributed by atoms with Crippen LogP contribution in [0.4, 0.5) is 19.0 Å². The van der Waals surface area contributed by atoms with E-state index >= 15 is 0 Å². The first-order chi connectivity index (χ1) is 15.7. The van der Waals surface area contributed by atoms with Gasteiger partial charge in [0.05, 0.1) is 18.7 Å². The van der Waals surface area contributed by atoms with Crippen molar-refractivity contribution in [2.24, 2.45) is 0 Å². The van der Waals surface area contributed by atoms with Crippen LogP contribution >= 0.6 is 0 Å². The zero-order valence-electron chi connectivity index (χ0n) is 18.6. The van der Waals surface area contributed by atoms with Gasteiger partial charge in [0.2, 0.25) is 5.91 Å². The standard InChI is InChI=1S/C25H27F3N4O/c1-3-17-8-10-19(11-9-17)21-13-22(25(26,27)28)32-24(31-21)20(15-30-32)12-23(33)29-14-18-6-4-16(2)5-7-18/h4-11,15,21-22,31H,3,12-14H2,1-2H3,(H,29,33). The molecule has 0 saturated carbocycles. The molecule has 2 heterocycles. The van der Waals surface area contributed by atoms with E-state index in [0.29, 0.717) is 12.1 Å². The fourth-order valence-corrected chi connectivity index (χ4v) is 4.09. The molecule has 174 valence electrons. The fourth-order valence-electron chi connectivity index (χ4n) is 4.09. The molecule has 1 amide bonds. The second-order valence-corrected chi connectivity index (χ2v) is 8.49. The van der Waals surface area contributed by atoms with Gasteiger partial charge in [-0.2, -0.15) is 18.3 Å². The summed E-state index contributed by atoms with van der Waals surface area (Å²) in [7, 11) is 0. The Kier molecular flexibility index (Phi) is 6.44. The molecule has 2 aromatic carbocycles. The maximum atomic E-state index is 13.9. The molecule has 2 unspecified atom stereocenters. The van der Waals surface area contributed by atoms with E-state index in [4.69, 9.17) is 0 Å². The third-order valence-electron chi connectivity index (χ3n) is 6.07.